The minimum Gasteiger partial charge on any atom is -0.368 e. The van der Waals surface area contributed by atoms with Crippen LogP contribution in [0.5, 0.6) is 0 Å². The van der Waals surface area contributed by atoms with Gasteiger partial charge in [0.05, 0.1) is 11.6 Å². The number of piperazine rings is 1. The first kappa shape index (κ1) is 21.0. The molecule has 2 fully saturated rings. The monoisotopic (exact) mass is 453 g/mol. The van der Waals surface area contributed by atoms with Crippen molar-refractivity contribution >= 4 is 40.0 Å². The molecule has 2 aliphatic rings. The Hall–Kier alpha value is -2.87. The van der Waals surface area contributed by atoms with Gasteiger partial charge >= 0.3 is 0 Å². The van der Waals surface area contributed by atoms with Crippen molar-refractivity contribution in [2.75, 3.05) is 49.1 Å². The molecule has 0 atom stereocenters. The minimum atomic E-state index is 0.0654. The minimum absolute atomic E-state index is 0.0654. The van der Waals surface area contributed by atoms with E-state index in [2.05, 4.69) is 31.8 Å². The van der Waals surface area contributed by atoms with Gasteiger partial charge in [0.25, 0.3) is 0 Å². The van der Waals surface area contributed by atoms with Crippen molar-refractivity contribution in [1.29, 1.82) is 0 Å². The van der Waals surface area contributed by atoms with Gasteiger partial charge in [0, 0.05) is 50.0 Å². The van der Waals surface area contributed by atoms with Crippen molar-refractivity contribution in [3.05, 3.63) is 41.3 Å². The molecule has 0 spiro atoms. The van der Waals surface area contributed by atoms with Crippen LogP contribution in [0, 0.1) is 6.92 Å². The Bertz CT molecular complexity index is 1120. The highest BCUT2D eigenvalue weighted by Gasteiger charge is 2.24. The standard InChI is InChI=1S/C23H28ClN7O/c1-17-5-6-18(24)13-20(17)28-9-11-29(12-10-28)21(32)15-31-23-19(14-27-31)22(25-16-26-23)30-7-3-2-4-8-30/h5-6,13-14,16H,2-4,7-12,15H2,1H3. The molecular formula is C23H28ClN7O. The van der Waals surface area contributed by atoms with Gasteiger partial charge < -0.3 is 14.7 Å². The molecule has 32 heavy (non-hydrogen) atoms. The second-order valence-corrected chi connectivity index (χ2v) is 9.02. The molecule has 168 valence electrons. The fraction of sp³-hybridized carbons (Fsp3) is 0.478. The number of halogens is 1. The molecule has 8 nitrogen and oxygen atoms in total. The lowest BCUT2D eigenvalue weighted by atomic mass is 10.1. The molecule has 0 N–H and O–H groups in total. The lowest BCUT2D eigenvalue weighted by Gasteiger charge is -2.37. The van der Waals surface area contributed by atoms with Gasteiger partial charge in [-0.15, -0.1) is 0 Å². The van der Waals surface area contributed by atoms with Gasteiger partial charge in [-0.25, -0.2) is 14.6 Å². The lowest BCUT2D eigenvalue weighted by Crippen LogP contribution is -2.49. The largest absolute Gasteiger partial charge is 0.368 e. The molecule has 1 aromatic carbocycles. The van der Waals surface area contributed by atoms with Crippen LogP contribution >= 0.6 is 11.6 Å². The third-order valence-corrected chi connectivity index (χ3v) is 6.73. The first-order valence-electron chi connectivity index (χ1n) is 11.3. The van der Waals surface area contributed by atoms with E-state index in [1.165, 1.54) is 24.8 Å². The van der Waals surface area contributed by atoms with Crippen molar-refractivity contribution < 1.29 is 4.79 Å². The summed E-state index contributed by atoms with van der Waals surface area (Å²) in [4.78, 5) is 28.5. The Labute approximate surface area is 192 Å². The maximum atomic E-state index is 13.0. The maximum Gasteiger partial charge on any atom is 0.244 e. The van der Waals surface area contributed by atoms with Crippen LogP contribution in [-0.2, 0) is 11.3 Å². The number of hydrogen-bond donors (Lipinski definition) is 0. The van der Waals surface area contributed by atoms with Crippen molar-refractivity contribution in [3.8, 4) is 0 Å². The summed E-state index contributed by atoms with van der Waals surface area (Å²) in [5, 5.41) is 6.14. The van der Waals surface area contributed by atoms with E-state index in [0.717, 1.165) is 53.7 Å². The number of hydrogen-bond acceptors (Lipinski definition) is 6. The number of carbonyl (C=O) groups is 1. The van der Waals surface area contributed by atoms with Crippen LogP contribution in [0.25, 0.3) is 11.0 Å². The molecule has 4 heterocycles. The molecule has 0 aliphatic carbocycles. The summed E-state index contributed by atoms with van der Waals surface area (Å²) in [6.45, 7) is 7.22. The van der Waals surface area contributed by atoms with Gasteiger partial charge in [-0.3, -0.25) is 4.79 Å². The van der Waals surface area contributed by atoms with Crippen molar-refractivity contribution in [3.63, 3.8) is 0 Å². The van der Waals surface area contributed by atoms with Crippen LogP contribution in [0.2, 0.25) is 5.02 Å². The smallest absolute Gasteiger partial charge is 0.244 e. The average molecular weight is 454 g/mol. The highest BCUT2D eigenvalue weighted by Crippen LogP contribution is 2.27. The number of nitrogens with zero attached hydrogens (tertiary/aromatic N) is 7. The van der Waals surface area contributed by atoms with Crippen LogP contribution in [0.1, 0.15) is 24.8 Å². The quantitative estimate of drug-likeness (QED) is 0.604. The molecule has 3 aromatic rings. The number of carbonyl (C=O) groups excluding carboxylic acids is 1. The molecule has 0 bridgehead atoms. The Morgan fingerprint density at radius 2 is 1.78 bits per heavy atom. The number of aromatic nitrogens is 4. The first-order valence-corrected chi connectivity index (χ1v) is 11.7. The number of fused-ring (bicyclic) bond motifs is 1. The fourth-order valence-corrected chi connectivity index (χ4v) is 4.87. The van der Waals surface area contributed by atoms with Crippen LogP contribution in [-0.4, -0.2) is 69.8 Å². The van der Waals surface area contributed by atoms with Gasteiger partial charge in [-0.2, -0.15) is 5.10 Å². The normalized spacial score (nSPS) is 17.2. The number of amides is 1. The van der Waals surface area contributed by atoms with Crippen molar-refractivity contribution in [2.45, 2.75) is 32.7 Å². The van der Waals surface area contributed by atoms with E-state index in [1.54, 1.807) is 17.2 Å². The van der Waals surface area contributed by atoms with E-state index in [-0.39, 0.29) is 12.5 Å². The number of anilines is 2. The van der Waals surface area contributed by atoms with E-state index in [1.807, 2.05) is 23.1 Å². The van der Waals surface area contributed by atoms with Crippen LogP contribution in [0.15, 0.2) is 30.7 Å². The van der Waals surface area contributed by atoms with Gasteiger partial charge in [0.15, 0.2) is 5.65 Å². The maximum absolute atomic E-state index is 13.0. The first-order chi connectivity index (χ1) is 15.6. The van der Waals surface area contributed by atoms with Gasteiger partial charge in [-0.05, 0) is 43.9 Å². The molecule has 0 unspecified atom stereocenters. The second-order valence-electron chi connectivity index (χ2n) is 8.58. The van der Waals surface area contributed by atoms with Crippen LogP contribution in [0.3, 0.4) is 0 Å². The van der Waals surface area contributed by atoms with E-state index in [4.69, 9.17) is 11.6 Å². The molecule has 9 heteroatoms. The highest BCUT2D eigenvalue weighted by molar-refractivity contribution is 6.30. The van der Waals surface area contributed by atoms with Crippen molar-refractivity contribution in [1.82, 2.24) is 24.6 Å². The average Bonchev–Trinajstić information content (AvgIpc) is 3.24. The van der Waals surface area contributed by atoms with E-state index in [0.29, 0.717) is 13.1 Å². The predicted molar refractivity (Wildman–Crippen MR) is 126 cm³/mol. The summed E-state index contributed by atoms with van der Waals surface area (Å²) in [5.41, 5.74) is 3.06. The van der Waals surface area contributed by atoms with E-state index >= 15 is 0 Å². The van der Waals surface area contributed by atoms with Crippen molar-refractivity contribution in [2.24, 2.45) is 0 Å². The summed E-state index contributed by atoms with van der Waals surface area (Å²) in [7, 11) is 0. The Morgan fingerprint density at radius 1 is 1.00 bits per heavy atom. The number of aryl methyl sites for hydroxylation is 1. The summed E-state index contributed by atoms with van der Waals surface area (Å²) >= 11 is 6.19. The van der Waals surface area contributed by atoms with Gasteiger partial charge in [0.2, 0.25) is 5.91 Å². The molecule has 2 saturated heterocycles. The number of benzene rings is 1. The molecule has 0 radical (unpaired) electrons. The Morgan fingerprint density at radius 3 is 2.56 bits per heavy atom. The topological polar surface area (TPSA) is 70.4 Å². The summed E-state index contributed by atoms with van der Waals surface area (Å²) in [6.07, 6.45) is 7.01. The number of piperidine rings is 1. The third kappa shape index (κ3) is 4.11. The molecular weight excluding hydrogens is 426 g/mol. The Balaban J connectivity index is 1.26. The zero-order chi connectivity index (χ0) is 22.1. The number of rotatable bonds is 4. The zero-order valence-electron chi connectivity index (χ0n) is 18.4. The molecule has 1 amide bonds. The summed E-state index contributed by atoms with van der Waals surface area (Å²) in [5.74, 6) is 0.995. The molecule has 5 rings (SSSR count). The summed E-state index contributed by atoms with van der Waals surface area (Å²) < 4.78 is 1.71. The lowest BCUT2D eigenvalue weighted by molar-refractivity contribution is -0.132. The van der Waals surface area contributed by atoms with Crippen LogP contribution < -0.4 is 9.80 Å². The fourth-order valence-electron chi connectivity index (χ4n) is 4.70. The molecule has 2 aliphatic heterocycles. The van der Waals surface area contributed by atoms with E-state index in [9.17, 15) is 4.79 Å². The summed E-state index contributed by atoms with van der Waals surface area (Å²) in [6, 6.07) is 5.96. The second kappa shape index (κ2) is 8.94. The SMILES string of the molecule is Cc1ccc(Cl)cc1N1CCN(C(=O)Cn2ncc3c(N4CCCCC4)ncnc32)CC1. The molecule has 0 saturated carbocycles. The molecule has 2 aromatic heterocycles. The third-order valence-electron chi connectivity index (χ3n) is 6.50. The van der Waals surface area contributed by atoms with Gasteiger partial charge in [0.1, 0.15) is 18.7 Å². The highest BCUT2D eigenvalue weighted by atomic mass is 35.5. The Kier molecular flexibility index (Phi) is 5.87. The van der Waals surface area contributed by atoms with E-state index < -0.39 is 0 Å². The predicted octanol–water partition coefficient (Wildman–Crippen LogP) is 3.13. The van der Waals surface area contributed by atoms with Gasteiger partial charge in [-0.1, -0.05) is 17.7 Å². The van der Waals surface area contributed by atoms with Crippen LogP contribution in [0.4, 0.5) is 11.5 Å². The zero-order valence-corrected chi connectivity index (χ0v) is 19.1.